The lowest BCUT2D eigenvalue weighted by molar-refractivity contribution is 0.0703. The Hall–Kier alpha value is -1.47. The van der Waals surface area contributed by atoms with Gasteiger partial charge in [-0.05, 0) is 12.8 Å². The zero-order valence-corrected chi connectivity index (χ0v) is 12.2. The van der Waals surface area contributed by atoms with Crippen LogP contribution < -0.4 is 4.90 Å². The molecule has 2 aromatic heterocycles. The van der Waals surface area contributed by atoms with E-state index in [2.05, 4.69) is 20.3 Å². The largest absolute Gasteiger partial charge is 0.391 e. The van der Waals surface area contributed by atoms with Crippen LogP contribution in [-0.4, -0.2) is 50.3 Å². The fraction of sp³-hybridized carbons (Fsp3) is 0.667. The first-order valence-corrected chi connectivity index (χ1v) is 7.09. The van der Waals surface area contributed by atoms with Gasteiger partial charge >= 0.3 is 0 Å². The van der Waals surface area contributed by atoms with E-state index in [0.717, 1.165) is 25.7 Å². The van der Waals surface area contributed by atoms with Crippen molar-refractivity contribution in [3.05, 3.63) is 5.15 Å². The Balaban J connectivity index is 2.11. The van der Waals surface area contributed by atoms with E-state index in [-0.39, 0.29) is 11.2 Å². The monoisotopic (exact) mass is 296 g/mol. The van der Waals surface area contributed by atoms with Crippen molar-refractivity contribution in [3.63, 3.8) is 0 Å². The first-order chi connectivity index (χ1) is 9.58. The van der Waals surface area contributed by atoms with E-state index in [0.29, 0.717) is 17.1 Å². The zero-order chi connectivity index (χ0) is 14.3. The molecular weight excluding hydrogens is 280 g/mol. The minimum absolute atomic E-state index is 0.0882. The number of nitrogens with zero attached hydrogens (tertiary/aromatic N) is 6. The van der Waals surface area contributed by atoms with Gasteiger partial charge in [0, 0.05) is 14.1 Å². The molecule has 8 heteroatoms. The lowest BCUT2D eigenvalue weighted by Gasteiger charge is -2.27. The van der Waals surface area contributed by atoms with E-state index >= 15 is 0 Å². The van der Waals surface area contributed by atoms with Gasteiger partial charge in [-0.2, -0.15) is 9.97 Å². The number of halogens is 1. The van der Waals surface area contributed by atoms with Crippen molar-refractivity contribution in [1.29, 1.82) is 0 Å². The lowest BCUT2D eigenvalue weighted by atomic mass is 9.93. The van der Waals surface area contributed by atoms with Crippen LogP contribution in [0.4, 0.5) is 5.95 Å². The van der Waals surface area contributed by atoms with Crippen LogP contribution >= 0.6 is 11.6 Å². The number of aliphatic hydroxyl groups excluding tert-OH is 1. The van der Waals surface area contributed by atoms with Crippen molar-refractivity contribution in [2.75, 3.05) is 19.0 Å². The summed E-state index contributed by atoms with van der Waals surface area (Å²) in [6.07, 6.45) is 3.36. The number of hydrogen-bond acceptors (Lipinski definition) is 6. The van der Waals surface area contributed by atoms with Crippen molar-refractivity contribution in [2.45, 2.75) is 37.8 Å². The van der Waals surface area contributed by atoms with Gasteiger partial charge in [0.15, 0.2) is 16.3 Å². The van der Waals surface area contributed by atoms with E-state index in [9.17, 15) is 5.11 Å². The summed E-state index contributed by atoms with van der Waals surface area (Å²) in [5.41, 5.74) is 1.06. The summed E-state index contributed by atoms with van der Waals surface area (Å²) in [5, 5.41) is 18.6. The fourth-order valence-electron chi connectivity index (χ4n) is 2.59. The normalized spacial score (nSPS) is 23.2. The molecule has 1 N–H and O–H groups in total. The predicted octanol–water partition coefficient (Wildman–Crippen LogP) is 1.42. The molecule has 1 aliphatic carbocycles. The second-order valence-corrected chi connectivity index (χ2v) is 5.69. The molecule has 2 atom stereocenters. The van der Waals surface area contributed by atoms with Gasteiger partial charge < -0.3 is 10.0 Å². The predicted molar refractivity (Wildman–Crippen MR) is 76.0 cm³/mol. The quantitative estimate of drug-likeness (QED) is 0.844. The van der Waals surface area contributed by atoms with Crippen molar-refractivity contribution in [2.24, 2.45) is 0 Å². The molecule has 1 saturated carbocycles. The Morgan fingerprint density at radius 2 is 2.00 bits per heavy atom. The summed E-state index contributed by atoms with van der Waals surface area (Å²) >= 11 is 6.14. The highest BCUT2D eigenvalue weighted by Crippen LogP contribution is 2.31. The molecule has 0 aromatic carbocycles. The van der Waals surface area contributed by atoms with Crippen LogP contribution in [0.1, 0.15) is 31.7 Å². The maximum atomic E-state index is 10.2. The van der Waals surface area contributed by atoms with Crippen LogP contribution in [0.25, 0.3) is 11.2 Å². The first kappa shape index (κ1) is 13.5. The number of rotatable bonds is 2. The Morgan fingerprint density at radius 1 is 1.25 bits per heavy atom. The van der Waals surface area contributed by atoms with Gasteiger partial charge in [0.05, 0.1) is 12.1 Å². The summed E-state index contributed by atoms with van der Waals surface area (Å²) in [6.45, 7) is 0. The highest BCUT2D eigenvalue weighted by Gasteiger charge is 2.28. The van der Waals surface area contributed by atoms with Crippen molar-refractivity contribution in [3.8, 4) is 0 Å². The van der Waals surface area contributed by atoms with Crippen LogP contribution in [0, 0.1) is 0 Å². The maximum absolute atomic E-state index is 10.2. The summed E-state index contributed by atoms with van der Waals surface area (Å²) < 4.78 is 1.69. The summed E-state index contributed by atoms with van der Waals surface area (Å²) in [6, 6.07) is -0.0882. The van der Waals surface area contributed by atoms with E-state index in [1.807, 2.05) is 14.1 Å². The van der Waals surface area contributed by atoms with Crippen LogP contribution in [0.3, 0.4) is 0 Å². The molecule has 2 heterocycles. The van der Waals surface area contributed by atoms with Gasteiger partial charge in [-0.25, -0.2) is 4.68 Å². The summed E-state index contributed by atoms with van der Waals surface area (Å²) in [4.78, 5) is 10.4. The average molecular weight is 297 g/mol. The second-order valence-electron chi connectivity index (χ2n) is 5.33. The van der Waals surface area contributed by atoms with Crippen LogP contribution in [0.15, 0.2) is 0 Å². The summed E-state index contributed by atoms with van der Waals surface area (Å²) in [5.74, 6) is 0.511. The Labute approximate surface area is 121 Å². The number of anilines is 1. The molecule has 0 spiro atoms. The van der Waals surface area contributed by atoms with Crippen molar-refractivity contribution < 1.29 is 5.11 Å². The van der Waals surface area contributed by atoms with E-state index in [1.165, 1.54) is 0 Å². The third-order valence-corrected chi connectivity index (χ3v) is 3.94. The summed E-state index contributed by atoms with van der Waals surface area (Å²) in [7, 11) is 3.70. The smallest absolute Gasteiger partial charge is 0.228 e. The maximum Gasteiger partial charge on any atom is 0.228 e. The molecule has 0 aliphatic heterocycles. The molecule has 0 saturated heterocycles. The standard InChI is InChI=1S/C12H17ClN6O/c1-18(2)12-14-10(13)9-11(15-12)19(17-16-9)7-5-3-4-6-8(7)20/h7-8,20H,3-6H2,1-2H3/t7-,8+/m0/s1. The van der Waals surface area contributed by atoms with Gasteiger partial charge in [-0.15, -0.1) is 5.10 Å². The molecule has 0 bridgehead atoms. The van der Waals surface area contributed by atoms with Crippen LogP contribution in [0.5, 0.6) is 0 Å². The van der Waals surface area contributed by atoms with Gasteiger partial charge in [-0.1, -0.05) is 29.7 Å². The lowest BCUT2D eigenvalue weighted by Crippen LogP contribution is -2.28. The van der Waals surface area contributed by atoms with Crippen LogP contribution in [-0.2, 0) is 0 Å². The van der Waals surface area contributed by atoms with Crippen molar-refractivity contribution in [1.82, 2.24) is 25.0 Å². The third-order valence-electron chi connectivity index (χ3n) is 3.68. The third kappa shape index (κ3) is 2.20. The Kier molecular flexibility index (Phi) is 3.47. The molecule has 3 rings (SSSR count). The zero-order valence-electron chi connectivity index (χ0n) is 11.5. The molecule has 0 amide bonds. The number of aliphatic hydroxyl groups is 1. The van der Waals surface area contributed by atoms with E-state index < -0.39 is 6.10 Å². The van der Waals surface area contributed by atoms with Gasteiger partial charge in [0.1, 0.15) is 0 Å². The van der Waals surface area contributed by atoms with Crippen molar-refractivity contribution >= 4 is 28.7 Å². The molecule has 108 valence electrons. The van der Waals surface area contributed by atoms with Gasteiger partial charge in [0.25, 0.3) is 0 Å². The topological polar surface area (TPSA) is 80.0 Å². The molecular formula is C12H17ClN6O. The molecule has 20 heavy (non-hydrogen) atoms. The molecule has 0 unspecified atom stereocenters. The van der Waals surface area contributed by atoms with Gasteiger partial charge in [-0.3, -0.25) is 0 Å². The highest BCUT2D eigenvalue weighted by atomic mass is 35.5. The second kappa shape index (κ2) is 5.14. The minimum atomic E-state index is -0.412. The number of aromatic nitrogens is 5. The fourth-order valence-corrected chi connectivity index (χ4v) is 2.78. The molecule has 7 nitrogen and oxygen atoms in total. The minimum Gasteiger partial charge on any atom is -0.391 e. The molecule has 1 aliphatic rings. The number of hydrogen-bond donors (Lipinski definition) is 1. The number of fused-ring (bicyclic) bond motifs is 1. The van der Waals surface area contributed by atoms with E-state index in [4.69, 9.17) is 11.6 Å². The molecule has 0 radical (unpaired) electrons. The van der Waals surface area contributed by atoms with E-state index in [1.54, 1.807) is 9.58 Å². The first-order valence-electron chi connectivity index (χ1n) is 6.71. The SMILES string of the molecule is CN(C)c1nc(Cl)c2nnn([C@H]3CCCC[C@H]3O)c2n1. The van der Waals surface area contributed by atoms with Gasteiger partial charge in [0.2, 0.25) is 5.95 Å². The average Bonchev–Trinajstić information content (AvgIpc) is 2.83. The van der Waals surface area contributed by atoms with Crippen LogP contribution in [0.2, 0.25) is 5.15 Å². The highest BCUT2D eigenvalue weighted by molar-refractivity contribution is 6.33. The molecule has 1 fully saturated rings. The Bertz CT molecular complexity index is 628. The Morgan fingerprint density at radius 3 is 2.70 bits per heavy atom. The molecule has 2 aromatic rings.